The first-order valence-electron chi connectivity index (χ1n) is 7.09. The number of hydrogen-bond acceptors (Lipinski definition) is 1. The van der Waals surface area contributed by atoms with Crippen LogP contribution in [0.3, 0.4) is 0 Å². The molecule has 0 saturated carbocycles. The van der Waals surface area contributed by atoms with E-state index in [0.717, 1.165) is 28.8 Å². The molecule has 0 aromatic heterocycles. The van der Waals surface area contributed by atoms with Gasteiger partial charge in [-0.3, -0.25) is 0 Å². The van der Waals surface area contributed by atoms with Crippen molar-refractivity contribution in [3.05, 3.63) is 41.1 Å². The fourth-order valence-electron chi connectivity index (χ4n) is 1.74. The van der Waals surface area contributed by atoms with E-state index in [4.69, 9.17) is 0 Å². The molecule has 3 heteroatoms. The zero-order chi connectivity index (χ0) is 15.3. The summed E-state index contributed by atoms with van der Waals surface area (Å²) in [6.07, 6.45) is 2.67. The van der Waals surface area contributed by atoms with Crippen molar-refractivity contribution < 1.29 is 4.79 Å². The second-order valence-corrected chi connectivity index (χ2v) is 6.14. The number of nitrogens with one attached hydrogen (secondary N) is 2. The molecule has 0 aliphatic carbocycles. The molecule has 0 radical (unpaired) electrons. The Balaban J connectivity index is 2.78. The Morgan fingerprint density at radius 2 is 1.95 bits per heavy atom. The first kappa shape index (κ1) is 16.3. The van der Waals surface area contributed by atoms with Gasteiger partial charge in [0.2, 0.25) is 0 Å². The normalized spacial score (nSPS) is 12.2. The SMILES string of the molecule is CCc1cccc(C)c1NC(=O)N/C=C(\C)C(C)(C)C. The van der Waals surface area contributed by atoms with E-state index in [2.05, 4.69) is 38.3 Å². The summed E-state index contributed by atoms with van der Waals surface area (Å²) in [7, 11) is 0. The number of hydrogen-bond donors (Lipinski definition) is 2. The number of amides is 2. The molecular formula is C17H26N2O. The fraction of sp³-hybridized carbons (Fsp3) is 0.471. The van der Waals surface area contributed by atoms with E-state index in [-0.39, 0.29) is 11.4 Å². The molecule has 0 spiro atoms. The van der Waals surface area contributed by atoms with E-state index >= 15 is 0 Å². The molecule has 0 heterocycles. The number of carbonyl (C=O) groups excluding carboxylic acids is 1. The molecule has 1 aromatic carbocycles. The van der Waals surface area contributed by atoms with Crippen LogP contribution in [0.2, 0.25) is 0 Å². The highest BCUT2D eigenvalue weighted by atomic mass is 16.2. The van der Waals surface area contributed by atoms with Gasteiger partial charge in [-0.15, -0.1) is 0 Å². The number of benzene rings is 1. The van der Waals surface area contributed by atoms with Crippen LogP contribution in [0.15, 0.2) is 30.0 Å². The summed E-state index contributed by atoms with van der Waals surface area (Å²) >= 11 is 0. The molecule has 0 fully saturated rings. The zero-order valence-corrected chi connectivity index (χ0v) is 13.4. The quantitative estimate of drug-likeness (QED) is 0.829. The summed E-state index contributed by atoms with van der Waals surface area (Å²) in [4.78, 5) is 12.0. The molecule has 0 aliphatic heterocycles. The number of aryl methyl sites for hydroxylation is 2. The summed E-state index contributed by atoms with van der Waals surface area (Å²) in [5, 5.41) is 5.75. The minimum atomic E-state index is -0.197. The van der Waals surface area contributed by atoms with Gasteiger partial charge in [0.25, 0.3) is 0 Å². The Bertz CT molecular complexity index is 510. The molecule has 0 bridgehead atoms. The molecule has 20 heavy (non-hydrogen) atoms. The molecular weight excluding hydrogens is 248 g/mol. The highest BCUT2D eigenvalue weighted by molar-refractivity contribution is 5.91. The lowest BCUT2D eigenvalue weighted by molar-refractivity contribution is 0.255. The van der Waals surface area contributed by atoms with Crippen LogP contribution in [0, 0.1) is 12.3 Å². The van der Waals surface area contributed by atoms with Crippen LogP contribution in [-0.2, 0) is 6.42 Å². The van der Waals surface area contributed by atoms with Crippen molar-refractivity contribution in [2.75, 3.05) is 5.32 Å². The van der Waals surface area contributed by atoms with E-state index in [1.807, 2.05) is 32.0 Å². The Kier molecular flexibility index (Phi) is 5.37. The number of carbonyl (C=O) groups is 1. The maximum absolute atomic E-state index is 12.0. The number of allylic oxidation sites excluding steroid dienone is 1. The van der Waals surface area contributed by atoms with E-state index in [1.165, 1.54) is 0 Å². The predicted molar refractivity (Wildman–Crippen MR) is 85.9 cm³/mol. The molecule has 0 saturated heterocycles. The summed E-state index contributed by atoms with van der Waals surface area (Å²) in [5.41, 5.74) is 4.33. The van der Waals surface area contributed by atoms with Gasteiger partial charge in [0.05, 0.1) is 0 Å². The first-order valence-corrected chi connectivity index (χ1v) is 7.09. The molecule has 0 unspecified atom stereocenters. The Labute approximate surface area is 122 Å². The van der Waals surface area contributed by atoms with Gasteiger partial charge in [-0.05, 0) is 36.8 Å². The van der Waals surface area contributed by atoms with Gasteiger partial charge in [-0.2, -0.15) is 0 Å². The summed E-state index contributed by atoms with van der Waals surface area (Å²) in [5.74, 6) is 0. The maximum atomic E-state index is 12.0. The van der Waals surface area contributed by atoms with Crippen molar-refractivity contribution in [2.24, 2.45) is 5.41 Å². The monoisotopic (exact) mass is 274 g/mol. The van der Waals surface area contributed by atoms with Crippen LogP contribution in [-0.4, -0.2) is 6.03 Å². The van der Waals surface area contributed by atoms with E-state index < -0.39 is 0 Å². The van der Waals surface area contributed by atoms with E-state index in [1.54, 1.807) is 6.20 Å². The Morgan fingerprint density at radius 1 is 1.30 bits per heavy atom. The molecule has 1 aromatic rings. The minimum absolute atomic E-state index is 0.0600. The number of para-hydroxylation sites is 1. The van der Waals surface area contributed by atoms with E-state index in [9.17, 15) is 4.79 Å². The molecule has 2 N–H and O–H groups in total. The molecule has 1 rings (SSSR count). The summed E-state index contributed by atoms with van der Waals surface area (Å²) in [6, 6.07) is 5.86. The van der Waals surface area contributed by atoms with Gasteiger partial charge in [0.1, 0.15) is 0 Å². The largest absolute Gasteiger partial charge is 0.323 e. The summed E-state index contributed by atoms with van der Waals surface area (Å²) < 4.78 is 0. The lowest BCUT2D eigenvalue weighted by Gasteiger charge is -2.19. The average Bonchev–Trinajstić information content (AvgIpc) is 2.37. The van der Waals surface area contributed by atoms with Crippen molar-refractivity contribution in [3.63, 3.8) is 0 Å². The molecule has 3 nitrogen and oxygen atoms in total. The average molecular weight is 274 g/mol. The van der Waals surface area contributed by atoms with Crippen LogP contribution < -0.4 is 10.6 Å². The van der Waals surface area contributed by atoms with Crippen LogP contribution >= 0.6 is 0 Å². The van der Waals surface area contributed by atoms with Gasteiger partial charge >= 0.3 is 6.03 Å². The zero-order valence-electron chi connectivity index (χ0n) is 13.4. The topological polar surface area (TPSA) is 41.1 Å². The lowest BCUT2D eigenvalue weighted by Crippen LogP contribution is -2.26. The summed E-state index contributed by atoms with van der Waals surface area (Å²) in [6.45, 7) is 12.5. The molecule has 0 atom stereocenters. The van der Waals surface area contributed by atoms with Gasteiger partial charge in [-0.1, -0.05) is 51.5 Å². The Morgan fingerprint density at radius 3 is 2.50 bits per heavy atom. The molecule has 2 amide bonds. The van der Waals surface area contributed by atoms with Crippen molar-refractivity contribution in [2.45, 2.75) is 48.0 Å². The van der Waals surface area contributed by atoms with E-state index in [0.29, 0.717) is 0 Å². The number of anilines is 1. The lowest BCUT2D eigenvalue weighted by atomic mass is 9.88. The van der Waals surface area contributed by atoms with Crippen molar-refractivity contribution >= 4 is 11.7 Å². The predicted octanol–water partition coefficient (Wildman–Crippen LogP) is 4.63. The fourth-order valence-corrected chi connectivity index (χ4v) is 1.74. The minimum Gasteiger partial charge on any atom is -0.314 e. The Hall–Kier alpha value is -1.77. The second kappa shape index (κ2) is 6.60. The standard InChI is InChI=1S/C17H26N2O/c1-7-14-10-8-9-12(2)15(14)19-16(20)18-11-13(3)17(4,5)6/h8-11H,7H2,1-6H3,(H2,18,19,20)/b13-11+. The van der Waals surface area contributed by atoms with Crippen LogP contribution in [0.5, 0.6) is 0 Å². The highest BCUT2D eigenvalue weighted by Gasteiger charge is 2.13. The number of urea groups is 1. The van der Waals surface area contributed by atoms with Gasteiger partial charge in [0.15, 0.2) is 0 Å². The van der Waals surface area contributed by atoms with Gasteiger partial charge in [0, 0.05) is 11.9 Å². The van der Waals surface area contributed by atoms with Crippen molar-refractivity contribution in [3.8, 4) is 0 Å². The highest BCUT2D eigenvalue weighted by Crippen LogP contribution is 2.24. The van der Waals surface area contributed by atoms with Crippen LogP contribution in [0.25, 0.3) is 0 Å². The smallest absolute Gasteiger partial charge is 0.314 e. The van der Waals surface area contributed by atoms with Crippen molar-refractivity contribution in [1.29, 1.82) is 0 Å². The third kappa shape index (κ3) is 4.41. The van der Waals surface area contributed by atoms with Gasteiger partial charge < -0.3 is 10.6 Å². The molecule has 110 valence electrons. The van der Waals surface area contributed by atoms with Crippen LogP contribution in [0.1, 0.15) is 45.7 Å². The van der Waals surface area contributed by atoms with Gasteiger partial charge in [-0.25, -0.2) is 4.79 Å². The third-order valence-electron chi connectivity index (χ3n) is 3.58. The van der Waals surface area contributed by atoms with Crippen molar-refractivity contribution in [1.82, 2.24) is 5.32 Å². The second-order valence-electron chi connectivity index (χ2n) is 6.14. The number of rotatable bonds is 3. The maximum Gasteiger partial charge on any atom is 0.323 e. The molecule has 0 aliphatic rings. The third-order valence-corrected chi connectivity index (χ3v) is 3.58. The van der Waals surface area contributed by atoms with Crippen LogP contribution in [0.4, 0.5) is 10.5 Å². The first-order chi connectivity index (χ1) is 9.25.